The van der Waals surface area contributed by atoms with Gasteiger partial charge in [0.1, 0.15) is 0 Å². The Labute approximate surface area is 96.8 Å². The first-order valence-electron chi connectivity index (χ1n) is 5.63. The fraction of sp³-hybridized carbons (Fsp3) is 0.500. The Hall–Kier alpha value is -0.835. The van der Waals surface area contributed by atoms with Gasteiger partial charge in [-0.1, -0.05) is 23.8 Å². The number of methoxy groups -OCH3 is 1. The number of aryl methyl sites for hydroxylation is 1. The molecule has 0 amide bonds. The highest BCUT2D eigenvalue weighted by atomic mass is 16.6. The van der Waals surface area contributed by atoms with Gasteiger partial charge in [-0.2, -0.15) is 0 Å². The minimum absolute atomic E-state index is 0.188. The number of hydrogen-bond donors (Lipinski definition) is 0. The Morgan fingerprint density at radius 2 is 2.25 bits per heavy atom. The molecule has 0 aromatic heterocycles. The maximum Gasteiger partial charge on any atom is 0.494 e. The van der Waals surface area contributed by atoms with E-state index in [2.05, 4.69) is 25.1 Å². The van der Waals surface area contributed by atoms with Gasteiger partial charge in [-0.05, 0) is 24.4 Å². The van der Waals surface area contributed by atoms with Crippen molar-refractivity contribution in [1.82, 2.24) is 0 Å². The van der Waals surface area contributed by atoms with Crippen molar-refractivity contribution in [3.63, 3.8) is 0 Å². The van der Waals surface area contributed by atoms with E-state index in [1.807, 2.05) is 0 Å². The largest absolute Gasteiger partial charge is 0.494 e. The van der Waals surface area contributed by atoms with E-state index in [-0.39, 0.29) is 7.12 Å². The molecule has 0 fully saturated rings. The summed E-state index contributed by atoms with van der Waals surface area (Å²) >= 11 is 0. The zero-order valence-corrected chi connectivity index (χ0v) is 9.86. The van der Waals surface area contributed by atoms with Crippen LogP contribution in [0.4, 0.5) is 0 Å². The van der Waals surface area contributed by atoms with Crippen molar-refractivity contribution in [1.29, 1.82) is 0 Å². The third-order valence-corrected chi connectivity index (χ3v) is 2.70. The van der Waals surface area contributed by atoms with Crippen LogP contribution < -0.4 is 5.46 Å². The van der Waals surface area contributed by atoms with Crippen LogP contribution >= 0.6 is 0 Å². The molecule has 0 unspecified atom stereocenters. The summed E-state index contributed by atoms with van der Waals surface area (Å²) < 4.78 is 16.2. The predicted molar refractivity (Wildman–Crippen MR) is 63.8 cm³/mol. The minimum Gasteiger partial charge on any atom is -0.407 e. The van der Waals surface area contributed by atoms with Crippen LogP contribution in [-0.2, 0) is 20.7 Å². The molecule has 0 aliphatic carbocycles. The summed E-state index contributed by atoms with van der Waals surface area (Å²) in [6.07, 6.45) is 0.900. The summed E-state index contributed by atoms with van der Waals surface area (Å²) in [5.74, 6) is 0. The molecular formula is C12H17BO3. The normalized spacial score (nSPS) is 14.2. The molecular weight excluding hydrogens is 203 g/mol. The summed E-state index contributed by atoms with van der Waals surface area (Å²) in [5.41, 5.74) is 3.68. The Kier molecular flexibility index (Phi) is 3.99. The van der Waals surface area contributed by atoms with E-state index < -0.39 is 0 Å². The highest BCUT2D eigenvalue weighted by molar-refractivity contribution is 6.62. The van der Waals surface area contributed by atoms with Gasteiger partial charge in [0, 0.05) is 20.3 Å². The molecule has 1 aliphatic rings. The Morgan fingerprint density at radius 1 is 1.38 bits per heavy atom. The third kappa shape index (κ3) is 2.64. The fourth-order valence-electron chi connectivity index (χ4n) is 1.88. The van der Waals surface area contributed by atoms with Crippen LogP contribution in [0.15, 0.2) is 18.2 Å². The molecule has 1 aromatic carbocycles. The van der Waals surface area contributed by atoms with Crippen LogP contribution in [0.25, 0.3) is 0 Å². The Balaban J connectivity index is 1.91. The second kappa shape index (κ2) is 5.48. The van der Waals surface area contributed by atoms with Gasteiger partial charge in [-0.25, -0.2) is 0 Å². The standard InChI is InChI=1S/C12H17BO3/c1-10-4-5-12-11(8-10)9-16-13(12)15-7-3-6-14-2/h4-5,8H,3,6-7,9H2,1-2H3. The lowest BCUT2D eigenvalue weighted by molar-refractivity contribution is 0.156. The van der Waals surface area contributed by atoms with E-state index in [0.717, 1.165) is 13.0 Å². The predicted octanol–water partition coefficient (Wildman–Crippen LogP) is 1.27. The van der Waals surface area contributed by atoms with Crippen molar-refractivity contribution in [2.75, 3.05) is 20.3 Å². The van der Waals surface area contributed by atoms with Crippen molar-refractivity contribution in [3.05, 3.63) is 29.3 Å². The van der Waals surface area contributed by atoms with Crippen LogP contribution in [0.2, 0.25) is 0 Å². The molecule has 0 radical (unpaired) electrons. The number of rotatable bonds is 5. The van der Waals surface area contributed by atoms with Crippen LogP contribution in [-0.4, -0.2) is 27.4 Å². The fourth-order valence-corrected chi connectivity index (χ4v) is 1.88. The smallest absolute Gasteiger partial charge is 0.407 e. The molecule has 0 saturated carbocycles. The molecule has 4 heteroatoms. The second-order valence-corrected chi connectivity index (χ2v) is 4.06. The quantitative estimate of drug-likeness (QED) is 0.552. The van der Waals surface area contributed by atoms with Gasteiger partial charge in [-0.15, -0.1) is 0 Å². The van der Waals surface area contributed by atoms with E-state index >= 15 is 0 Å². The van der Waals surface area contributed by atoms with Crippen molar-refractivity contribution < 1.29 is 14.0 Å². The number of fused-ring (bicyclic) bond motifs is 1. The lowest BCUT2D eigenvalue weighted by Gasteiger charge is -2.08. The molecule has 3 nitrogen and oxygen atoms in total. The maximum atomic E-state index is 5.67. The topological polar surface area (TPSA) is 27.7 Å². The van der Waals surface area contributed by atoms with E-state index in [1.54, 1.807) is 7.11 Å². The Morgan fingerprint density at radius 3 is 3.06 bits per heavy atom. The molecule has 1 aliphatic heterocycles. The lowest BCUT2D eigenvalue weighted by Crippen LogP contribution is -2.32. The maximum absolute atomic E-state index is 5.67. The zero-order chi connectivity index (χ0) is 11.4. The summed E-state index contributed by atoms with van der Waals surface area (Å²) in [6.45, 7) is 4.15. The molecule has 2 rings (SSSR count). The highest BCUT2D eigenvalue weighted by Gasteiger charge is 2.30. The van der Waals surface area contributed by atoms with E-state index in [9.17, 15) is 0 Å². The molecule has 0 bridgehead atoms. The van der Waals surface area contributed by atoms with Gasteiger partial charge in [0.05, 0.1) is 6.61 Å². The molecule has 86 valence electrons. The summed E-state index contributed by atoms with van der Waals surface area (Å²) in [4.78, 5) is 0. The first-order valence-corrected chi connectivity index (χ1v) is 5.63. The molecule has 0 atom stereocenters. The number of ether oxygens (including phenoxy) is 1. The highest BCUT2D eigenvalue weighted by Crippen LogP contribution is 2.13. The zero-order valence-electron chi connectivity index (χ0n) is 9.86. The van der Waals surface area contributed by atoms with Gasteiger partial charge < -0.3 is 14.0 Å². The van der Waals surface area contributed by atoms with Crippen molar-refractivity contribution in [2.45, 2.75) is 20.0 Å². The Bertz CT molecular complexity index is 354. The average Bonchev–Trinajstić information content (AvgIpc) is 2.67. The van der Waals surface area contributed by atoms with Crippen LogP contribution in [0.3, 0.4) is 0 Å². The average molecular weight is 220 g/mol. The molecule has 0 N–H and O–H groups in total. The monoisotopic (exact) mass is 220 g/mol. The molecule has 0 saturated heterocycles. The van der Waals surface area contributed by atoms with Gasteiger partial charge in [0.15, 0.2) is 0 Å². The van der Waals surface area contributed by atoms with E-state index in [0.29, 0.717) is 13.2 Å². The molecule has 1 aromatic rings. The first-order chi connectivity index (χ1) is 7.81. The SMILES string of the molecule is COCCCOB1OCc2cc(C)ccc21. The van der Waals surface area contributed by atoms with Gasteiger partial charge >= 0.3 is 7.12 Å². The van der Waals surface area contributed by atoms with E-state index in [4.69, 9.17) is 14.0 Å². The summed E-state index contributed by atoms with van der Waals surface area (Å²) in [6, 6.07) is 6.35. The summed E-state index contributed by atoms with van der Waals surface area (Å²) in [7, 11) is 1.51. The second-order valence-electron chi connectivity index (χ2n) is 4.06. The van der Waals surface area contributed by atoms with Gasteiger partial charge in [0.2, 0.25) is 0 Å². The van der Waals surface area contributed by atoms with Crippen LogP contribution in [0.5, 0.6) is 0 Å². The third-order valence-electron chi connectivity index (χ3n) is 2.70. The number of hydrogen-bond acceptors (Lipinski definition) is 3. The van der Waals surface area contributed by atoms with Gasteiger partial charge in [-0.3, -0.25) is 0 Å². The molecule has 16 heavy (non-hydrogen) atoms. The van der Waals surface area contributed by atoms with Crippen molar-refractivity contribution in [2.24, 2.45) is 0 Å². The lowest BCUT2D eigenvalue weighted by atomic mass is 9.78. The number of benzene rings is 1. The van der Waals surface area contributed by atoms with Crippen LogP contribution in [0.1, 0.15) is 17.5 Å². The van der Waals surface area contributed by atoms with Gasteiger partial charge in [0.25, 0.3) is 0 Å². The first kappa shape index (κ1) is 11.6. The summed E-state index contributed by atoms with van der Waals surface area (Å²) in [5, 5.41) is 0. The van der Waals surface area contributed by atoms with E-state index in [1.165, 1.54) is 16.6 Å². The molecule has 1 heterocycles. The van der Waals surface area contributed by atoms with Crippen LogP contribution in [0, 0.1) is 6.92 Å². The minimum atomic E-state index is -0.188. The van der Waals surface area contributed by atoms with Crippen molar-refractivity contribution >= 4 is 12.6 Å². The van der Waals surface area contributed by atoms with Crippen molar-refractivity contribution in [3.8, 4) is 0 Å². The molecule has 0 spiro atoms.